The first kappa shape index (κ1) is 18.3. The lowest BCUT2D eigenvalue weighted by Crippen LogP contribution is -2.26. The van der Waals surface area contributed by atoms with Crippen molar-refractivity contribution >= 4 is 11.6 Å². The van der Waals surface area contributed by atoms with Crippen molar-refractivity contribution in [3.8, 4) is 0 Å². The average molecular weight is 368 g/mol. The Balaban J connectivity index is 1.64. The molecule has 2 heterocycles. The van der Waals surface area contributed by atoms with Gasteiger partial charge in [-0.1, -0.05) is 12.1 Å². The van der Waals surface area contributed by atoms with Gasteiger partial charge in [0.05, 0.1) is 23.7 Å². The highest BCUT2D eigenvalue weighted by atomic mass is 16.6. The number of carbonyl (C=O) groups excluding carboxylic acids is 1. The second-order valence-electron chi connectivity index (χ2n) is 6.35. The first-order valence-electron chi connectivity index (χ1n) is 8.40. The molecule has 1 aromatic carbocycles. The van der Waals surface area contributed by atoms with Crippen LogP contribution in [0, 0.1) is 17.0 Å². The number of nitrogens with zero attached hydrogens (tertiary/aromatic N) is 5. The van der Waals surface area contributed by atoms with Gasteiger partial charge < -0.3 is 5.32 Å². The van der Waals surface area contributed by atoms with Gasteiger partial charge in [-0.3, -0.25) is 24.3 Å². The molecule has 9 heteroatoms. The molecule has 1 amide bonds. The zero-order valence-corrected chi connectivity index (χ0v) is 15.3. The van der Waals surface area contributed by atoms with Gasteiger partial charge in [-0.05, 0) is 31.5 Å². The Morgan fingerprint density at radius 2 is 1.96 bits per heavy atom. The Morgan fingerprint density at radius 3 is 2.52 bits per heavy atom. The summed E-state index contributed by atoms with van der Waals surface area (Å²) in [5, 5.41) is 21.8. The van der Waals surface area contributed by atoms with Gasteiger partial charge in [0.15, 0.2) is 0 Å². The molecule has 0 aliphatic rings. The van der Waals surface area contributed by atoms with Crippen LogP contribution in [0.5, 0.6) is 0 Å². The summed E-state index contributed by atoms with van der Waals surface area (Å²) in [5.74, 6) is -0.174. The van der Waals surface area contributed by atoms with E-state index in [4.69, 9.17) is 0 Å². The smallest absolute Gasteiger partial charge is 0.307 e. The number of benzene rings is 1. The summed E-state index contributed by atoms with van der Waals surface area (Å²) in [6.45, 7) is 4.27. The van der Waals surface area contributed by atoms with E-state index in [2.05, 4.69) is 15.5 Å². The van der Waals surface area contributed by atoms with Gasteiger partial charge >= 0.3 is 5.69 Å². The Labute approximate surface area is 155 Å². The summed E-state index contributed by atoms with van der Waals surface area (Å²) in [6, 6.07) is 6.91. The van der Waals surface area contributed by atoms with E-state index >= 15 is 0 Å². The monoisotopic (exact) mass is 368 g/mol. The molecule has 0 aliphatic heterocycles. The molecule has 0 aliphatic carbocycles. The topological polar surface area (TPSA) is 108 Å². The zero-order chi connectivity index (χ0) is 19.6. The molecule has 0 saturated carbocycles. The SMILES string of the molecule is Cc1c(C(C)NC(=O)c2ccc(Cn3cc([N+](=O)[O-])cn3)cc2)cnn1C. The maximum atomic E-state index is 12.5. The van der Waals surface area contributed by atoms with Crippen LogP contribution in [-0.2, 0) is 13.6 Å². The van der Waals surface area contributed by atoms with Crippen molar-refractivity contribution in [3.63, 3.8) is 0 Å². The van der Waals surface area contributed by atoms with E-state index in [0.29, 0.717) is 12.1 Å². The lowest BCUT2D eigenvalue weighted by molar-refractivity contribution is -0.385. The van der Waals surface area contributed by atoms with Crippen molar-refractivity contribution in [3.05, 3.63) is 75.4 Å². The van der Waals surface area contributed by atoms with Crippen LogP contribution >= 0.6 is 0 Å². The van der Waals surface area contributed by atoms with Gasteiger partial charge in [0.1, 0.15) is 12.4 Å². The van der Waals surface area contributed by atoms with Crippen molar-refractivity contribution in [2.24, 2.45) is 7.05 Å². The number of amides is 1. The fraction of sp³-hybridized carbons (Fsp3) is 0.278. The van der Waals surface area contributed by atoms with Crippen LogP contribution in [0.25, 0.3) is 0 Å². The van der Waals surface area contributed by atoms with E-state index in [1.54, 1.807) is 23.0 Å². The van der Waals surface area contributed by atoms with Crippen molar-refractivity contribution < 1.29 is 9.72 Å². The van der Waals surface area contributed by atoms with Gasteiger partial charge in [0.25, 0.3) is 5.91 Å². The van der Waals surface area contributed by atoms with E-state index in [-0.39, 0.29) is 17.6 Å². The normalized spacial score (nSPS) is 12.0. The average Bonchev–Trinajstić information content (AvgIpc) is 3.23. The van der Waals surface area contributed by atoms with E-state index in [1.807, 2.05) is 33.0 Å². The van der Waals surface area contributed by atoms with Crippen LogP contribution in [0.2, 0.25) is 0 Å². The van der Waals surface area contributed by atoms with Crippen LogP contribution in [-0.4, -0.2) is 30.4 Å². The second kappa shape index (κ2) is 7.40. The number of hydrogen-bond donors (Lipinski definition) is 1. The van der Waals surface area contributed by atoms with E-state index < -0.39 is 4.92 Å². The Hall–Kier alpha value is -3.49. The molecule has 0 radical (unpaired) electrons. The highest BCUT2D eigenvalue weighted by Crippen LogP contribution is 2.17. The molecule has 0 bridgehead atoms. The highest BCUT2D eigenvalue weighted by molar-refractivity contribution is 5.94. The molecule has 1 atom stereocenters. The number of carbonyl (C=O) groups is 1. The molecule has 0 fully saturated rings. The number of aromatic nitrogens is 4. The standard InChI is InChI=1S/C18H20N6O3/c1-12(17-9-19-22(3)13(17)2)21-18(25)15-6-4-14(5-7-15)10-23-11-16(8-20-23)24(26)27/h4-9,11-12H,10H2,1-3H3,(H,21,25). The van der Waals surface area contributed by atoms with E-state index in [9.17, 15) is 14.9 Å². The summed E-state index contributed by atoms with van der Waals surface area (Å²) in [6.07, 6.45) is 4.34. The molecule has 2 aromatic heterocycles. The molecule has 9 nitrogen and oxygen atoms in total. The van der Waals surface area contributed by atoms with Crippen LogP contribution in [0.4, 0.5) is 5.69 Å². The first-order valence-corrected chi connectivity index (χ1v) is 8.40. The van der Waals surface area contributed by atoms with Gasteiger partial charge in [-0.2, -0.15) is 10.2 Å². The first-order chi connectivity index (χ1) is 12.8. The highest BCUT2D eigenvalue weighted by Gasteiger charge is 2.16. The third-order valence-electron chi connectivity index (χ3n) is 4.48. The Kier molecular flexibility index (Phi) is 5.02. The largest absolute Gasteiger partial charge is 0.345 e. The summed E-state index contributed by atoms with van der Waals surface area (Å²) < 4.78 is 3.26. The maximum absolute atomic E-state index is 12.5. The molecular weight excluding hydrogens is 348 g/mol. The predicted molar refractivity (Wildman–Crippen MR) is 98.3 cm³/mol. The molecule has 0 spiro atoms. The fourth-order valence-electron chi connectivity index (χ4n) is 2.78. The number of hydrogen-bond acceptors (Lipinski definition) is 5. The van der Waals surface area contributed by atoms with Crippen LogP contribution in [0.15, 0.2) is 42.9 Å². The molecule has 27 heavy (non-hydrogen) atoms. The van der Waals surface area contributed by atoms with E-state index in [0.717, 1.165) is 16.8 Å². The van der Waals surface area contributed by atoms with Crippen molar-refractivity contribution in [2.75, 3.05) is 0 Å². The number of nitrogens with one attached hydrogen (secondary N) is 1. The third kappa shape index (κ3) is 4.02. The number of rotatable bonds is 6. The number of nitro groups is 1. The minimum absolute atomic E-state index is 0.0503. The molecule has 1 N–H and O–H groups in total. The van der Waals surface area contributed by atoms with Gasteiger partial charge in [-0.15, -0.1) is 0 Å². The van der Waals surface area contributed by atoms with Gasteiger partial charge in [0, 0.05) is 23.9 Å². The van der Waals surface area contributed by atoms with Crippen molar-refractivity contribution in [2.45, 2.75) is 26.4 Å². The van der Waals surface area contributed by atoms with Crippen LogP contribution in [0.1, 0.15) is 40.1 Å². The third-order valence-corrected chi connectivity index (χ3v) is 4.48. The number of aryl methyl sites for hydroxylation is 1. The maximum Gasteiger partial charge on any atom is 0.307 e. The molecule has 3 aromatic rings. The van der Waals surface area contributed by atoms with Gasteiger partial charge in [0.2, 0.25) is 0 Å². The van der Waals surface area contributed by atoms with Crippen molar-refractivity contribution in [1.29, 1.82) is 0 Å². The molecule has 3 rings (SSSR count). The van der Waals surface area contributed by atoms with Crippen LogP contribution < -0.4 is 5.32 Å². The fourth-order valence-corrected chi connectivity index (χ4v) is 2.78. The summed E-state index contributed by atoms with van der Waals surface area (Å²) in [5.41, 5.74) is 3.36. The van der Waals surface area contributed by atoms with Crippen molar-refractivity contribution in [1.82, 2.24) is 24.9 Å². The van der Waals surface area contributed by atoms with Crippen LogP contribution in [0.3, 0.4) is 0 Å². The minimum atomic E-state index is -0.484. The summed E-state index contributed by atoms with van der Waals surface area (Å²) in [4.78, 5) is 22.7. The Bertz CT molecular complexity index is 973. The second-order valence-corrected chi connectivity index (χ2v) is 6.35. The lowest BCUT2D eigenvalue weighted by Gasteiger charge is -2.14. The summed E-state index contributed by atoms with van der Waals surface area (Å²) in [7, 11) is 1.86. The molecule has 0 saturated heterocycles. The molecular formula is C18H20N6O3. The Morgan fingerprint density at radius 1 is 1.26 bits per heavy atom. The van der Waals surface area contributed by atoms with E-state index in [1.165, 1.54) is 17.1 Å². The molecule has 140 valence electrons. The van der Waals surface area contributed by atoms with Gasteiger partial charge in [-0.25, -0.2) is 0 Å². The minimum Gasteiger partial charge on any atom is -0.345 e. The zero-order valence-electron chi connectivity index (χ0n) is 15.3. The quantitative estimate of drug-likeness (QED) is 0.531. The lowest BCUT2D eigenvalue weighted by atomic mass is 10.1. The predicted octanol–water partition coefficient (Wildman–Crippen LogP) is 2.37. The summed E-state index contributed by atoms with van der Waals surface area (Å²) >= 11 is 0. The molecule has 1 unspecified atom stereocenters.